The van der Waals surface area contributed by atoms with Crippen LogP contribution in [0.4, 0.5) is 0 Å². The number of nitrogens with zero attached hydrogens (tertiary/aromatic N) is 1. The number of ether oxygens (including phenoxy) is 2. The van der Waals surface area contributed by atoms with E-state index in [2.05, 4.69) is 0 Å². The Hall–Kier alpha value is -1.58. The number of carbonyl (C=O) groups excluding carboxylic acids is 2. The quantitative estimate of drug-likeness (QED) is 0.506. The summed E-state index contributed by atoms with van der Waals surface area (Å²) in [6, 6.07) is -0.748. The van der Waals surface area contributed by atoms with Crippen LogP contribution in [0.5, 0.6) is 0 Å². The summed E-state index contributed by atoms with van der Waals surface area (Å²) in [5, 5.41) is 8.84. The van der Waals surface area contributed by atoms with E-state index in [4.69, 9.17) is 15.2 Å². The first-order valence-corrected chi connectivity index (χ1v) is 6.69. The molecule has 1 unspecified atom stereocenters. The van der Waals surface area contributed by atoms with Gasteiger partial charge in [0.1, 0.15) is 29.2 Å². The van der Waals surface area contributed by atoms with Crippen molar-refractivity contribution < 1.29 is 29.0 Å². The second kappa shape index (κ2) is 5.43. The predicted molar refractivity (Wildman–Crippen MR) is 68.3 cm³/mol. The molecule has 110 valence electrons. The zero-order valence-electron chi connectivity index (χ0n) is 10.9. The number of rotatable bonds is 4. The van der Waals surface area contributed by atoms with Crippen molar-refractivity contribution in [3.63, 3.8) is 0 Å². The summed E-state index contributed by atoms with van der Waals surface area (Å²) in [7, 11) is 1.41. The standard InChI is InChI=1S/C11H14N2O6S/c1-4(14)19-3-5-7(10(16)17)13-8(15)6(12)9(13)20-11(5)18-2/h6,9,11H,3,12H2,1-2H3,(H,16,17)/t6-,9-,11?/m1/s1. The normalized spacial score (nSPS) is 28.9. The van der Waals surface area contributed by atoms with Gasteiger partial charge >= 0.3 is 11.9 Å². The van der Waals surface area contributed by atoms with Crippen LogP contribution < -0.4 is 5.73 Å². The first-order chi connectivity index (χ1) is 9.38. The van der Waals surface area contributed by atoms with Crippen LogP contribution in [0.2, 0.25) is 0 Å². The molecular formula is C11H14N2O6S. The van der Waals surface area contributed by atoms with Gasteiger partial charge in [-0.1, -0.05) is 11.8 Å². The lowest BCUT2D eigenvalue weighted by Crippen LogP contribution is -2.69. The van der Waals surface area contributed by atoms with E-state index in [0.717, 1.165) is 4.90 Å². The molecule has 2 aliphatic rings. The monoisotopic (exact) mass is 302 g/mol. The Morgan fingerprint density at radius 1 is 1.50 bits per heavy atom. The Balaban J connectivity index is 2.39. The van der Waals surface area contributed by atoms with Crippen molar-refractivity contribution in [3.05, 3.63) is 11.3 Å². The van der Waals surface area contributed by atoms with Crippen molar-refractivity contribution >= 4 is 29.6 Å². The van der Waals surface area contributed by atoms with Gasteiger partial charge < -0.3 is 20.3 Å². The number of hydrogen-bond acceptors (Lipinski definition) is 7. The molecule has 3 N–H and O–H groups in total. The maximum atomic E-state index is 11.7. The number of esters is 1. The Morgan fingerprint density at radius 3 is 2.65 bits per heavy atom. The van der Waals surface area contributed by atoms with Crippen LogP contribution in [0.1, 0.15) is 6.92 Å². The van der Waals surface area contributed by atoms with E-state index in [0.29, 0.717) is 0 Å². The molecule has 2 rings (SSSR count). The summed E-state index contributed by atoms with van der Waals surface area (Å²) in [5.74, 6) is -2.29. The maximum absolute atomic E-state index is 11.7. The molecular weight excluding hydrogens is 288 g/mol. The van der Waals surface area contributed by atoms with Gasteiger partial charge in [0.15, 0.2) is 0 Å². The number of fused-ring (bicyclic) bond motifs is 1. The van der Waals surface area contributed by atoms with Gasteiger partial charge in [0, 0.05) is 19.6 Å². The summed E-state index contributed by atoms with van der Waals surface area (Å²) in [5.41, 5.74) is 5.05. The largest absolute Gasteiger partial charge is 0.477 e. The van der Waals surface area contributed by atoms with E-state index < -0.39 is 34.7 Å². The lowest BCUT2D eigenvalue weighted by molar-refractivity contribution is -0.148. The third-order valence-corrected chi connectivity index (χ3v) is 4.53. The fraction of sp³-hybridized carbons (Fsp3) is 0.545. The highest BCUT2D eigenvalue weighted by Gasteiger charge is 2.54. The number of carboxylic acid groups (broad SMARTS) is 1. The second-order valence-corrected chi connectivity index (χ2v) is 5.47. The van der Waals surface area contributed by atoms with Crippen LogP contribution in [0, 0.1) is 0 Å². The number of amides is 1. The van der Waals surface area contributed by atoms with E-state index >= 15 is 0 Å². The lowest BCUT2D eigenvalue weighted by Gasteiger charge is -2.49. The van der Waals surface area contributed by atoms with Crippen LogP contribution >= 0.6 is 11.8 Å². The lowest BCUT2D eigenvalue weighted by atomic mass is 10.0. The van der Waals surface area contributed by atoms with E-state index in [1.165, 1.54) is 25.8 Å². The Kier molecular flexibility index (Phi) is 4.02. The number of thioether (sulfide) groups is 1. The SMILES string of the molecule is COC1S[C@@H]2[C@H](N)C(=O)N2C(C(=O)O)=C1COC(C)=O. The molecule has 0 aromatic heterocycles. The highest BCUT2D eigenvalue weighted by Crippen LogP contribution is 2.43. The van der Waals surface area contributed by atoms with Gasteiger partial charge in [-0.25, -0.2) is 4.79 Å². The van der Waals surface area contributed by atoms with E-state index in [-0.39, 0.29) is 17.9 Å². The van der Waals surface area contributed by atoms with Crippen LogP contribution in [0.15, 0.2) is 11.3 Å². The molecule has 0 saturated carbocycles. The van der Waals surface area contributed by atoms with Crippen molar-refractivity contribution in [2.24, 2.45) is 5.73 Å². The molecule has 0 aromatic carbocycles. The van der Waals surface area contributed by atoms with Gasteiger partial charge in [0.25, 0.3) is 0 Å². The molecule has 0 radical (unpaired) electrons. The maximum Gasteiger partial charge on any atom is 0.352 e. The second-order valence-electron chi connectivity index (χ2n) is 4.29. The molecule has 9 heteroatoms. The Bertz CT molecular complexity index is 505. The van der Waals surface area contributed by atoms with E-state index in [9.17, 15) is 19.5 Å². The summed E-state index contributed by atoms with van der Waals surface area (Å²) in [4.78, 5) is 35.2. The molecule has 8 nitrogen and oxygen atoms in total. The summed E-state index contributed by atoms with van der Waals surface area (Å²) >= 11 is 1.22. The summed E-state index contributed by atoms with van der Waals surface area (Å²) in [6.07, 6.45) is 0. The number of carbonyl (C=O) groups is 3. The average Bonchev–Trinajstić information content (AvgIpc) is 2.41. The zero-order valence-corrected chi connectivity index (χ0v) is 11.7. The Labute approximate surface area is 118 Å². The van der Waals surface area contributed by atoms with Gasteiger partial charge in [-0.05, 0) is 0 Å². The summed E-state index contributed by atoms with van der Waals surface area (Å²) in [6.45, 7) is 0.973. The predicted octanol–water partition coefficient (Wildman–Crippen LogP) is -0.897. The molecule has 0 bridgehead atoms. The summed E-state index contributed by atoms with van der Waals surface area (Å²) < 4.78 is 10.1. The highest BCUT2D eigenvalue weighted by atomic mass is 32.2. The smallest absolute Gasteiger partial charge is 0.352 e. The molecule has 1 saturated heterocycles. The fourth-order valence-electron chi connectivity index (χ4n) is 2.10. The van der Waals surface area contributed by atoms with Gasteiger partial charge in [-0.2, -0.15) is 0 Å². The first-order valence-electron chi connectivity index (χ1n) is 5.75. The Morgan fingerprint density at radius 2 is 2.15 bits per heavy atom. The number of aliphatic carboxylic acids is 1. The minimum absolute atomic E-state index is 0.214. The van der Waals surface area contributed by atoms with Gasteiger partial charge in [0.2, 0.25) is 5.91 Å². The van der Waals surface area contributed by atoms with Crippen molar-refractivity contribution in [2.75, 3.05) is 13.7 Å². The minimum Gasteiger partial charge on any atom is -0.477 e. The molecule has 20 heavy (non-hydrogen) atoms. The topological polar surface area (TPSA) is 119 Å². The molecule has 3 atom stereocenters. The molecule has 2 aliphatic heterocycles. The molecule has 1 amide bonds. The van der Waals surface area contributed by atoms with Crippen LogP contribution in [-0.4, -0.2) is 58.4 Å². The number of β-lactam (4-membered cyclic amide) rings is 1. The third-order valence-electron chi connectivity index (χ3n) is 3.02. The van der Waals surface area contributed by atoms with E-state index in [1.54, 1.807) is 0 Å². The van der Waals surface area contributed by atoms with Crippen molar-refractivity contribution in [1.29, 1.82) is 0 Å². The van der Waals surface area contributed by atoms with Crippen LogP contribution in [-0.2, 0) is 23.9 Å². The molecule has 0 spiro atoms. The number of methoxy groups -OCH3 is 1. The zero-order chi connectivity index (χ0) is 15.0. The molecule has 0 aromatic rings. The minimum atomic E-state index is -1.28. The molecule has 2 heterocycles. The fourth-order valence-corrected chi connectivity index (χ4v) is 3.42. The average molecular weight is 302 g/mol. The molecule has 0 aliphatic carbocycles. The van der Waals surface area contributed by atoms with Crippen LogP contribution in [0.3, 0.4) is 0 Å². The van der Waals surface area contributed by atoms with Crippen molar-refractivity contribution in [3.8, 4) is 0 Å². The van der Waals surface area contributed by atoms with E-state index in [1.807, 2.05) is 0 Å². The van der Waals surface area contributed by atoms with Gasteiger partial charge in [0.05, 0.1) is 0 Å². The first kappa shape index (κ1) is 14.8. The van der Waals surface area contributed by atoms with Crippen LogP contribution in [0.25, 0.3) is 0 Å². The third kappa shape index (κ3) is 2.28. The molecule has 1 fully saturated rings. The van der Waals surface area contributed by atoms with Crippen molar-refractivity contribution in [2.45, 2.75) is 23.8 Å². The van der Waals surface area contributed by atoms with Crippen molar-refractivity contribution in [1.82, 2.24) is 4.90 Å². The number of nitrogens with two attached hydrogens (primary N) is 1. The number of hydrogen-bond donors (Lipinski definition) is 2. The highest BCUT2D eigenvalue weighted by molar-refractivity contribution is 8.00. The number of carboxylic acids is 1. The van der Waals surface area contributed by atoms with Gasteiger partial charge in [-0.15, -0.1) is 0 Å². The van der Waals surface area contributed by atoms with Gasteiger partial charge in [-0.3, -0.25) is 14.5 Å².